The first-order valence-corrected chi connectivity index (χ1v) is 5.45. The highest BCUT2D eigenvalue weighted by Crippen LogP contribution is 2.52. The summed E-state index contributed by atoms with van der Waals surface area (Å²) in [6.07, 6.45) is 3.96. The fourth-order valence-electron chi connectivity index (χ4n) is 1.74. The van der Waals surface area contributed by atoms with Crippen LogP contribution in [0.4, 0.5) is 0 Å². The number of carbonyl (C=O) groups is 1. The molecule has 2 aliphatic carbocycles. The van der Waals surface area contributed by atoms with Crippen molar-refractivity contribution in [2.24, 2.45) is 17.1 Å². The molecule has 0 unspecified atom stereocenters. The average molecular weight is 197 g/mol. The molecule has 0 aromatic heterocycles. The second kappa shape index (κ2) is 2.96. The third-order valence-corrected chi connectivity index (χ3v) is 3.80. The van der Waals surface area contributed by atoms with Crippen molar-refractivity contribution in [2.75, 3.05) is 6.61 Å². The molecule has 0 radical (unpaired) electrons. The summed E-state index contributed by atoms with van der Waals surface area (Å²) < 4.78 is 5.29. The topological polar surface area (TPSA) is 52.3 Å². The lowest BCUT2D eigenvalue weighted by Crippen LogP contribution is -2.36. The van der Waals surface area contributed by atoms with Gasteiger partial charge in [-0.2, -0.15) is 0 Å². The van der Waals surface area contributed by atoms with Crippen LogP contribution >= 0.6 is 0 Å². The molecule has 3 heteroatoms. The first-order valence-electron chi connectivity index (χ1n) is 5.45. The van der Waals surface area contributed by atoms with Gasteiger partial charge in [-0.3, -0.25) is 4.79 Å². The quantitative estimate of drug-likeness (QED) is 0.694. The van der Waals surface area contributed by atoms with E-state index in [1.807, 2.05) is 0 Å². The van der Waals surface area contributed by atoms with E-state index in [2.05, 4.69) is 13.8 Å². The van der Waals surface area contributed by atoms with E-state index in [1.54, 1.807) is 0 Å². The van der Waals surface area contributed by atoms with E-state index < -0.39 is 5.54 Å². The summed E-state index contributed by atoms with van der Waals surface area (Å²) in [5.41, 5.74) is 5.40. The van der Waals surface area contributed by atoms with Crippen molar-refractivity contribution >= 4 is 5.97 Å². The molecule has 0 saturated heterocycles. The minimum atomic E-state index is -0.618. The largest absolute Gasteiger partial charge is 0.464 e. The summed E-state index contributed by atoms with van der Waals surface area (Å²) in [5.74, 6) is 0.410. The predicted octanol–water partition coefficient (Wildman–Crippen LogP) is 1.46. The predicted molar refractivity (Wildman–Crippen MR) is 53.6 cm³/mol. The van der Waals surface area contributed by atoms with Crippen molar-refractivity contribution < 1.29 is 9.53 Å². The van der Waals surface area contributed by atoms with E-state index in [1.165, 1.54) is 12.8 Å². The van der Waals surface area contributed by atoms with E-state index in [9.17, 15) is 4.79 Å². The van der Waals surface area contributed by atoms with Crippen LogP contribution in [-0.2, 0) is 9.53 Å². The maximum atomic E-state index is 11.5. The second-order valence-electron chi connectivity index (χ2n) is 5.25. The second-order valence-corrected chi connectivity index (χ2v) is 5.25. The molecular weight excluding hydrogens is 178 g/mol. The SMILES string of the molecule is CC(C)C1(COC(=O)C2(N)CC2)CC1. The van der Waals surface area contributed by atoms with Crippen LogP contribution in [-0.4, -0.2) is 18.1 Å². The number of rotatable bonds is 4. The number of hydrogen-bond donors (Lipinski definition) is 1. The molecule has 0 heterocycles. The Morgan fingerprint density at radius 3 is 2.29 bits per heavy atom. The maximum absolute atomic E-state index is 11.5. The molecule has 0 spiro atoms. The Morgan fingerprint density at radius 1 is 1.36 bits per heavy atom. The van der Waals surface area contributed by atoms with Crippen molar-refractivity contribution in [3.63, 3.8) is 0 Å². The van der Waals surface area contributed by atoms with Gasteiger partial charge in [-0.15, -0.1) is 0 Å². The molecular formula is C11H19NO2. The molecule has 80 valence electrons. The average Bonchev–Trinajstić information content (AvgIpc) is 2.97. The smallest absolute Gasteiger partial charge is 0.326 e. The lowest BCUT2D eigenvalue weighted by Gasteiger charge is -2.20. The third-order valence-electron chi connectivity index (χ3n) is 3.80. The van der Waals surface area contributed by atoms with Gasteiger partial charge in [0.2, 0.25) is 0 Å². The molecule has 0 bridgehead atoms. The monoisotopic (exact) mass is 197 g/mol. The van der Waals surface area contributed by atoms with E-state index in [0.717, 1.165) is 12.8 Å². The molecule has 3 nitrogen and oxygen atoms in total. The number of ether oxygens (including phenoxy) is 1. The molecule has 0 aromatic carbocycles. The van der Waals surface area contributed by atoms with E-state index >= 15 is 0 Å². The van der Waals surface area contributed by atoms with E-state index in [4.69, 9.17) is 10.5 Å². The number of esters is 1. The molecule has 14 heavy (non-hydrogen) atoms. The Morgan fingerprint density at radius 2 is 1.93 bits per heavy atom. The molecule has 0 aliphatic heterocycles. The van der Waals surface area contributed by atoms with E-state index in [0.29, 0.717) is 12.5 Å². The minimum Gasteiger partial charge on any atom is -0.464 e. The van der Waals surface area contributed by atoms with Gasteiger partial charge in [-0.05, 0) is 31.6 Å². The molecule has 2 saturated carbocycles. The first-order chi connectivity index (χ1) is 6.49. The summed E-state index contributed by atoms with van der Waals surface area (Å²) in [6.45, 7) is 4.95. The van der Waals surface area contributed by atoms with Crippen LogP contribution in [0.2, 0.25) is 0 Å². The summed E-state index contributed by atoms with van der Waals surface area (Å²) >= 11 is 0. The number of hydrogen-bond acceptors (Lipinski definition) is 3. The zero-order valence-electron chi connectivity index (χ0n) is 9.01. The van der Waals surface area contributed by atoms with Gasteiger partial charge in [-0.1, -0.05) is 13.8 Å². The number of nitrogens with two attached hydrogens (primary N) is 1. The number of carbonyl (C=O) groups excluding carboxylic acids is 1. The van der Waals surface area contributed by atoms with Gasteiger partial charge in [0, 0.05) is 5.41 Å². The van der Waals surface area contributed by atoms with Crippen molar-refractivity contribution in [3.8, 4) is 0 Å². The highest BCUT2D eigenvalue weighted by molar-refractivity contribution is 5.83. The molecule has 0 amide bonds. The Hall–Kier alpha value is -0.570. The Kier molecular flexibility index (Phi) is 2.11. The van der Waals surface area contributed by atoms with Crippen molar-refractivity contribution in [3.05, 3.63) is 0 Å². The molecule has 2 rings (SSSR count). The van der Waals surface area contributed by atoms with Crippen molar-refractivity contribution in [1.29, 1.82) is 0 Å². The van der Waals surface area contributed by atoms with Gasteiger partial charge in [0.05, 0.1) is 6.61 Å². The van der Waals surface area contributed by atoms with Crippen molar-refractivity contribution in [2.45, 2.75) is 45.1 Å². The molecule has 2 aliphatic rings. The van der Waals surface area contributed by atoms with Gasteiger partial charge in [0.25, 0.3) is 0 Å². The van der Waals surface area contributed by atoms with Crippen LogP contribution in [0, 0.1) is 11.3 Å². The summed E-state index contributed by atoms with van der Waals surface area (Å²) in [4.78, 5) is 11.5. The van der Waals surface area contributed by atoms with Crippen LogP contribution in [0.15, 0.2) is 0 Å². The van der Waals surface area contributed by atoms with Crippen LogP contribution in [0.25, 0.3) is 0 Å². The van der Waals surface area contributed by atoms with Crippen molar-refractivity contribution in [1.82, 2.24) is 0 Å². The van der Waals surface area contributed by atoms with Gasteiger partial charge >= 0.3 is 5.97 Å². The van der Waals surface area contributed by atoms with Gasteiger partial charge in [-0.25, -0.2) is 0 Å². The van der Waals surface area contributed by atoms with Gasteiger partial charge in [0.1, 0.15) is 5.54 Å². The van der Waals surface area contributed by atoms with Crippen LogP contribution in [0.5, 0.6) is 0 Å². The van der Waals surface area contributed by atoms with Gasteiger partial charge < -0.3 is 10.5 Å². The third kappa shape index (κ3) is 1.65. The highest BCUT2D eigenvalue weighted by Gasteiger charge is 2.51. The fourth-order valence-corrected chi connectivity index (χ4v) is 1.74. The zero-order valence-corrected chi connectivity index (χ0v) is 9.01. The lowest BCUT2D eigenvalue weighted by atomic mass is 9.93. The molecule has 2 fully saturated rings. The summed E-state index contributed by atoms with van der Waals surface area (Å²) in [5, 5.41) is 0. The first kappa shape index (κ1) is 9.97. The highest BCUT2D eigenvalue weighted by atomic mass is 16.5. The lowest BCUT2D eigenvalue weighted by molar-refractivity contribution is -0.148. The van der Waals surface area contributed by atoms with E-state index in [-0.39, 0.29) is 11.4 Å². The minimum absolute atomic E-state index is 0.190. The maximum Gasteiger partial charge on any atom is 0.326 e. The summed E-state index contributed by atoms with van der Waals surface area (Å²) in [6, 6.07) is 0. The molecule has 0 aromatic rings. The van der Waals surface area contributed by atoms with Crippen LogP contribution in [0.1, 0.15) is 39.5 Å². The fraction of sp³-hybridized carbons (Fsp3) is 0.909. The molecule has 2 N–H and O–H groups in total. The van der Waals surface area contributed by atoms with Crippen LogP contribution in [0.3, 0.4) is 0 Å². The summed E-state index contributed by atoms with van der Waals surface area (Å²) in [7, 11) is 0. The normalized spacial score (nSPS) is 26.0. The Labute approximate surface area is 85.0 Å². The zero-order chi connectivity index (χ0) is 10.4. The van der Waals surface area contributed by atoms with Gasteiger partial charge in [0.15, 0.2) is 0 Å². The molecule has 0 atom stereocenters. The Bertz CT molecular complexity index is 252. The van der Waals surface area contributed by atoms with Crippen LogP contribution < -0.4 is 5.73 Å². The standard InChI is InChI=1S/C11H19NO2/c1-8(2)10(3-4-10)7-14-9(13)11(12)5-6-11/h8H,3-7,12H2,1-2H3. The Balaban J connectivity index is 1.80.